The largest absolute Gasteiger partial charge is 0.461 e. The Bertz CT molecular complexity index is 1980. The Kier molecular flexibility index (Phi) is 9.43. The van der Waals surface area contributed by atoms with Gasteiger partial charge in [-0.2, -0.15) is 30.7 Å². The average molecular weight is 698 g/mol. The maximum Gasteiger partial charge on any atom is 0.461 e. The highest BCUT2D eigenvalue weighted by Crippen LogP contribution is 2.40. The van der Waals surface area contributed by atoms with Gasteiger partial charge >= 0.3 is 18.7 Å². The fraction of sp³-hybridized carbons (Fsp3) is 0.182. The molecule has 1 heterocycles. The minimum Gasteiger partial charge on any atom is -0.428 e. The van der Waals surface area contributed by atoms with Gasteiger partial charge in [0.25, 0.3) is 11.8 Å². The number of ether oxygens (including phenoxy) is 1. The summed E-state index contributed by atoms with van der Waals surface area (Å²) in [6.45, 7) is 1.40. The monoisotopic (exact) mass is 697 g/mol. The van der Waals surface area contributed by atoms with E-state index in [4.69, 9.17) is 4.42 Å². The molecule has 0 spiro atoms. The molecule has 5 aromatic rings. The normalized spacial score (nSPS) is 13.3. The number of halogens is 10. The fourth-order valence-electron chi connectivity index (χ4n) is 5.04. The van der Waals surface area contributed by atoms with Crippen LogP contribution in [-0.2, 0) is 18.1 Å². The molecular formula is C33H21F10N3O3. The highest BCUT2D eigenvalue weighted by molar-refractivity contribution is 5.95. The number of amides is 1. The number of nitrogens with zero attached hydrogens (tertiary/aromatic N) is 2. The number of carbonyl (C=O) groups excluding carboxylic acids is 1. The predicted molar refractivity (Wildman–Crippen MR) is 152 cm³/mol. The van der Waals surface area contributed by atoms with Gasteiger partial charge in [0.1, 0.15) is 23.2 Å². The number of alkyl halides is 7. The lowest BCUT2D eigenvalue weighted by atomic mass is 9.77. The number of hydrogen-bond donors (Lipinski definition) is 1. The van der Waals surface area contributed by atoms with E-state index in [-0.39, 0.29) is 29.0 Å². The van der Waals surface area contributed by atoms with Crippen molar-refractivity contribution in [2.24, 2.45) is 0 Å². The molecule has 1 aromatic heterocycles. The highest BCUT2D eigenvalue weighted by Gasteiger charge is 2.45. The van der Waals surface area contributed by atoms with Crippen molar-refractivity contribution in [3.8, 4) is 17.2 Å². The van der Waals surface area contributed by atoms with Gasteiger partial charge in [-0.25, -0.2) is 13.2 Å². The predicted octanol–water partition coefficient (Wildman–Crippen LogP) is 8.63. The van der Waals surface area contributed by atoms with E-state index >= 15 is 8.78 Å². The molecule has 0 aliphatic rings. The summed E-state index contributed by atoms with van der Waals surface area (Å²) in [5.74, 6) is -6.71. The van der Waals surface area contributed by atoms with Gasteiger partial charge in [0.2, 0.25) is 5.89 Å². The number of hydrogen-bond acceptors (Lipinski definition) is 5. The number of rotatable bonds is 10. The summed E-state index contributed by atoms with van der Waals surface area (Å²) < 4.78 is 149. The first-order chi connectivity index (χ1) is 23.0. The molecule has 0 fully saturated rings. The van der Waals surface area contributed by atoms with Crippen LogP contribution in [0.2, 0.25) is 0 Å². The van der Waals surface area contributed by atoms with E-state index in [1.807, 2.05) is 0 Å². The smallest absolute Gasteiger partial charge is 0.428 e. The van der Waals surface area contributed by atoms with Gasteiger partial charge < -0.3 is 14.5 Å². The van der Waals surface area contributed by atoms with E-state index in [2.05, 4.69) is 20.3 Å². The molecule has 0 radical (unpaired) electrons. The van der Waals surface area contributed by atoms with E-state index in [0.29, 0.717) is 23.8 Å². The SMILES string of the molecule is Cc1nnc(-c2cc(C(Cc3ccccc3)(NC(=O)c3ccc(F)c(C(F)(F)F)c3)c3cc(F)cc(OC(F)(F)C(F)F)c3)ccc2F)o1. The van der Waals surface area contributed by atoms with E-state index in [1.165, 1.54) is 19.1 Å². The molecule has 1 unspecified atom stereocenters. The third-order valence-corrected chi connectivity index (χ3v) is 7.26. The Hall–Kier alpha value is -5.41. The minimum atomic E-state index is -5.22. The molecule has 4 aromatic carbocycles. The van der Waals surface area contributed by atoms with Crippen LogP contribution in [0.4, 0.5) is 43.9 Å². The maximum absolute atomic E-state index is 15.2. The summed E-state index contributed by atoms with van der Waals surface area (Å²) in [6.07, 6.45) is -15.1. The molecule has 256 valence electrons. The van der Waals surface area contributed by atoms with Crippen molar-refractivity contribution < 1.29 is 57.9 Å². The Morgan fingerprint density at radius 2 is 1.53 bits per heavy atom. The highest BCUT2D eigenvalue weighted by atomic mass is 19.4. The number of carbonyl (C=O) groups is 1. The summed E-state index contributed by atoms with van der Waals surface area (Å²) in [4.78, 5) is 13.8. The molecule has 1 N–H and O–H groups in total. The summed E-state index contributed by atoms with van der Waals surface area (Å²) in [7, 11) is 0. The second-order valence-corrected chi connectivity index (χ2v) is 10.7. The zero-order chi connectivity index (χ0) is 35.7. The number of nitrogens with one attached hydrogen (secondary N) is 1. The van der Waals surface area contributed by atoms with E-state index < -0.39 is 76.5 Å². The van der Waals surface area contributed by atoms with Crippen LogP contribution in [0.1, 0.15) is 38.5 Å². The van der Waals surface area contributed by atoms with Crippen LogP contribution in [0.25, 0.3) is 11.5 Å². The quantitative estimate of drug-likeness (QED) is 0.148. The van der Waals surface area contributed by atoms with Crippen LogP contribution in [0, 0.1) is 24.4 Å². The van der Waals surface area contributed by atoms with Crippen LogP contribution in [0.5, 0.6) is 5.75 Å². The summed E-state index contributed by atoms with van der Waals surface area (Å²) >= 11 is 0. The van der Waals surface area contributed by atoms with Crippen molar-refractivity contribution in [1.82, 2.24) is 15.5 Å². The Labute approximate surface area is 270 Å². The molecular weight excluding hydrogens is 676 g/mol. The number of benzene rings is 4. The van der Waals surface area contributed by atoms with Crippen molar-refractivity contribution in [3.05, 3.63) is 136 Å². The zero-order valence-corrected chi connectivity index (χ0v) is 24.8. The molecule has 49 heavy (non-hydrogen) atoms. The van der Waals surface area contributed by atoms with Crippen molar-refractivity contribution in [1.29, 1.82) is 0 Å². The molecule has 5 rings (SSSR count). The summed E-state index contributed by atoms with van der Waals surface area (Å²) in [6, 6.07) is 14.0. The fourth-order valence-corrected chi connectivity index (χ4v) is 5.04. The van der Waals surface area contributed by atoms with E-state index in [1.54, 1.807) is 18.2 Å². The van der Waals surface area contributed by atoms with Crippen LogP contribution in [0.3, 0.4) is 0 Å². The van der Waals surface area contributed by atoms with Crippen LogP contribution in [-0.4, -0.2) is 28.6 Å². The zero-order valence-electron chi connectivity index (χ0n) is 24.8. The van der Waals surface area contributed by atoms with Gasteiger partial charge in [0, 0.05) is 25.0 Å². The molecule has 0 bridgehead atoms. The molecule has 0 saturated carbocycles. The molecule has 0 saturated heterocycles. The second-order valence-electron chi connectivity index (χ2n) is 10.7. The lowest BCUT2D eigenvalue weighted by molar-refractivity contribution is -0.253. The van der Waals surface area contributed by atoms with Crippen LogP contribution < -0.4 is 10.1 Å². The summed E-state index contributed by atoms with van der Waals surface area (Å²) in [5.41, 5.74) is -5.37. The van der Waals surface area contributed by atoms with E-state index in [9.17, 15) is 39.9 Å². The molecule has 1 amide bonds. The topological polar surface area (TPSA) is 77.2 Å². The van der Waals surface area contributed by atoms with Crippen molar-refractivity contribution in [2.75, 3.05) is 0 Å². The van der Waals surface area contributed by atoms with Crippen LogP contribution >= 0.6 is 0 Å². The first-order valence-electron chi connectivity index (χ1n) is 14.0. The van der Waals surface area contributed by atoms with Gasteiger partial charge in [-0.3, -0.25) is 4.79 Å². The van der Waals surface area contributed by atoms with Crippen molar-refractivity contribution in [2.45, 2.75) is 37.6 Å². The van der Waals surface area contributed by atoms with Gasteiger partial charge in [-0.05, 0) is 59.2 Å². The van der Waals surface area contributed by atoms with Gasteiger partial charge in [0.05, 0.1) is 16.7 Å². The first-order valence-corrected chi connectivity index (χ1v) is 14.0. The molecule has 6 nitrogen and oxygen atoms in total. The lowest BCUT2D eigenvalue weighted by Crippen LogP contribution is -2.49. The molecule has 0 aliphatic heterocycles. The van der Waals surface area contributed by atoms with Gasteiger partial charge in [0.15, 0.2) is 0 Å². The Balaban J connectivity index is 1.79. The lowest BCUT2D eigenvalue weighted by Gasteiger charge is -2.37. The summed E-state index contributed by atoms with van der Waals surface area (Å²) in [5, 5.41) is 9.91. The molecule has 1 atom stereocenters. The number of aromatic nitrogens is 2. The van der Waals surface area contributed by atoms with Crippen molar-refractivity contribution >= 4 is 5.91 Å². The van der Waals surface area contributed by atoms with Crippen LogP contribution in [0.15, 0.2) is 89.3 Å². The van der Waals surface area contributed by atoms with Crippen molar-refractivity contribution in [3.63, 3.8) is 0 Å². The maximum atomic E-state index is 15.2. The third kappa shape index (κ3) is 7.52. The van der Waals surface area contributed by atoms with E-state index in [0.717, 1.165) is 30.3 Å². The van der Waals surface area contributed by atoms with Gasteiger partial charge in [-0.15, -0.1) is 10.2 Å². The first kappa shape index (κ1) is 34.9. The Morgan fingerprint density at radius 1 is 0.837 bits per heavy atom. The second kappa shape index (κ2) is 13.2. The average Bonchev–Trinajstić information content (AvgIpc) is 3.46. The minimum absolute atomic E-state index is 0.0207. The Morgan fingerprint density at radius 3 is 2.16 bits per heavy atom. The standard InChI is InChI=1S/C33H21F10N3O3/c1-17-45-46-29(48-17)24-14-20(8-10-26(24)35)31(16-18-5-3-2-4-6-18,21-12-22(34)15-23(13-21)49-33(42,43)30(37)38)44-28(47)19-7-9-27(36)25(11-19)32(39,40)41/h2-15,30H,16H2,1H3,(H,44,47). The molecule has 0 aliphatic carbocycles. The molecule has 16 heteroatoms. The number of aryl methyl sites for hydroxylation is 1. The third-order valence-electron chi connectivity index (χ3n) is 7.26. The van der Waals surface area contributed by atoms with Gasteiger partial charge in [-0.1, -0.05) is 36.4 Å².